The van der Waals surface area contributed by atoms with Crippen molar-refractivity contribution in [3.63, 3.8) is 0 Å². The smallest absolute Gasteiger partial charge is 0.252 e. The minimum absolute atomic E-state index is 0.0968. The number of H-pyrrole nitrogens is 1. The molecule has 0 aliphatic carbocycles. The number of nitrogens with one attached hydrogen (secondary N) is 2. The third-order valence-corrected chi connectivity index (χ3v) is 6.78. The predicted molar refractivity (Wildman–Crippen MR) is 125 cm³/mol. The van der Waals surface area contributed by atoms with Crippen LogP contribution >= 0.6 is 34.7 Å². The largest absolute Gasteiger partial charge is 0.369 e. The zero-order valence-electron chi connectivity index (χ0n) is 15.8. The molecule has 2 aromatic heterocycles. The van der Waals surface area contributed by atoms with Gasteiger partial charge in [-0.2, -0.15) is 4.99 Å². The van der Waals surface area contributed by atoms with Crippen LogP contribution < -0.4 is 16.6 Å². The number of thiazole rings is 1. The zero-order valence-corrected chi connectivity index (χ0v) is 18.2. The van der Waals surface area contributed by atoms with E-state index in [0.717, 1.165) is 25.8 Å². The predicted octanol–water partition coefficient (Wildman–Crippen LogP) is 4.69. The number of halogens is 1. The third-order valence-electron chi connectivity index (χ3n) is 4.16. The molecule has 30 heavy (non-hydrogen) atoms. The summed E-state index contributed by atoms with van der Waals surface area (Å²) in [5, 5.41) is 3.60. The van der Waals surface area contributed by atoms with E-state index in [2.05, 4.69) is 25.3 Å². The van der Waals surface area contributed by atoms with Crippen LogP contribution in [0.5, 0.6) is 0 Å². The van der Waals surface area contributed by atoms with Gasteiger partial charge in [-0.1, -0.05) is 41.6 Å². The Hall–Kier alpha value is -2.88. The Labute approximate surface area is 185 Å². The fraction of sp³-hybridized carbons (Fsp3) is 0.100. The molecule has 152 valence electrons. The van der Waals surface area contributed by atoms with Crippen LogP contribution in [0.3, 0.4) is 0 Å². The number of benzene rings is 2. The number of nitrogens with two attached hydrogens (primary N) is 1. The maximum atomic E-state index is 12.0. The summed E-state index contributed by atoms with van der Waals surface area (Å²) in [6, 6.07) is 14.8. The molecule has 0 unspecified atom stereocenters. The third kappa shape index (κ3) is 4.81. The molecule has 0 saturated heterocycles. The average molecular weight is 457 g/mol. The lowest BCUT2D eigenvalue weighted by molar-refractivity contribution is 1.04. The van der Waals surface area contributed by atoms with Crippen LogP contribution in [0.2, 0.25) is 5.02 Å². The quantitative estimate of drug-likeness (QED) is 0.228. The number of aliphatic imine (C=N–C) groups is 1. The van der Waals surface area contributed by atoms with Crippen molar-refractivity contribution >= 4 is 62.5 Å². The van der Waals surface area contributed by atoms with E-state index in [4.69, 9.17) is 17.3 Å². The highest BCUT2D eigenvalue weighted by Crippen LogP contribution is 2.31. The highest BCUT2D eigenvalue weighted by molar-refractivity contribution is 8.00. The summed E-state index contributed by atoms with van der Waals surface area (Å²) in [6.45, 7) is 1.87. The van der Waals surface area contributed by atoms with Gasteiger partial charge >= 0.3 is 0 Å². The number of para-hydroxylation sites is 1. The SMILES string of the molecule is Cc1c(Cl)cccc1N/C(N)=N/c1nc(CSc2nc3ccccc3s2)cc(=O)[nH]1. The lowest BCUT2D eigenvalue weighted by Gasteiger charge is -2.09. The molecular formula is C20H17ClN6OS2. The number of aromatic amines is 1. The molecule has 0 saturated carbocycles. The maximum Gasteiger partial charge on any atom is 0.252 e. The first-order valence-electron chi connectivity index (χ1n) is 8.93. The molecule has 7 nitrogen and oxygen atoms in total. The van der Waals surface area contributed by atoms with Crippen molar-refractivity contribution < 1.29 is 0 Å². The monoisotopic (exact) mass is 456 g/mol. The molecule has 0 amide bonds. The molecule has 2 aromatic carbocycles. The molecule has 0 spiro atoms. The van der Waals surface area contributed by atoms with Crippen molar-refractivity contribution in [1.82, 2.24) is 15.0 Å². The van der Waals surface area contributed by atoms with Gasteiger partial charge in [0.15, 0.2) is 4.34 Å². The van der Waals surface area contributed by atoms with Gasteiger partial charge in [-0.15, -0.1) is 11.3 Å². The second-order valence-corrected chi connectivity index (χ2v) is 8.99. The van der Waals surface area contributed by atoms with Crippen LogP contribution in [-0.4, -0.2) is 20.9 Å². The molecule has 0 radical (unpaired) electrons. The Morgan fingerprint density at radius 2 is 2.10 bits per heavy atom. The van der Waals surface area contributed by atoms with E-state index in [0.29, 0.717) is 16.5 Å². The van der Waals surface area contributed by atoms with Crippen LogP contribution in [0, 0.1) is 6.92 Å². The Balaban J connectivity index is 1.50. The number of guanidine groups is 1. The molecule has 0 aliphatic heterocycles. The molecule has 4 rings (SSSR count). The van der Waals surface area contributed by atoms with Crippen LogP contribution in [0.1, 0.15) is 11.3 Å². The molecule has 4 N–H and O–H groups in total. The Kier molecular flexibility index (Phi) is 6.03. The van der Waals surface area contributed by atoms with E-state index in [1.54, 1.807) is 17.4 Å². The van der Waals surface area contributed by atoms with Gasteiger partial charge in [-0.25, -0.2) is 9.97 Å². The number of nitrogens with zero attached hydrogens (tertiary/aromatic N) is 3. The first-order valence-corrected chi connectivity index (χ1v) is 11.1. The summed E-state index contributed by atoms with van der Waals surface area (Å²) in [5.41, 5.74) is 8.82. The molecule has 4 aromatic rings. The summed E-state index contributed by atoms with van der Waals surface area (Å²) >= 11 is 9.26. The van der Waals surface area contributed by atoms with E-state index in [1.165, 1.54) is 17.8 Å². The molecule has 0 atom stereocenters. The molecule has 0 fully saturated rings. The lowest BCUT2D eigenvalue weighted by atomic mass is 10.2. The minimum Gasteiger partial charge on any atom is -0.369 e. The number of anilines is 1. The first-order chi connectivity index (χ1) is 14.5. The summed E-state index contributed by atoms with van der Waals surface area (Å²) in [5.74, 6) is 0.721. The summed E-state index contributed by atoms with van der Waals surface area (Å²) in [7, 11) is 0. The van der Waals surface area contributed by atoms with E-state index in [9.17, 15) is 4.79 Å². The first kappa shape index (κ1) is 20.4. The van der Waals surface area contributed by atoms with Crippen molar-refractivity contribution in [2.45, 2.75) is 17.0 Å². The second-order valence-electron chi connectivity index (χ2n) is 6.33. The normalized spacial score (nSPS) is 11.7. The van der Waals surface area contributed by atoms with Gasteiger partial charge in [-0.05, 0) is 36.8 Å². The van der Waals surface area contributed by atoms with Crippen molar-refractivity contribution in [2.75, 3.05) is 5.32 Å². The van der Waals surface area contributed by atoms with Crippen molar-refractivity contribution in [1.29, 1.82) is 0 Å². The van der Waals surface area contributed by atoms with Crippen LogP contribution in [0.15, 0.2) is 62.7 Å². The molecule has 0 aliphatic rings. The van der Waals surface area contributed by atoms with Crippen LogP contribution in [-0.2, 0) is 5.75 Å². The minimum atomic E-state index is -0.296. The zero-order chi connectivity index (χ0) is 21.1. The number of thioether (sulfide) groups is 1. The second kappa shape index (κ2) is 8.86. The number of hydrogen-bond donors (Lipinski definition) is 3. The number of aromatic nitrogens is 3. The highest BCUT2D eigenvalue weighted by atomic mass is 35.5. The van der Waals surface area contributed by atoms with Crippen molar-refractivity contribution in [3.05, 3.63) is 75.2 Å². The molecule has 0 bridgehead atoms. The standard InChI is InChI=1S/C20H17ClN6OS2/c1-11-13(21)5-4-7-14(11)24-18(22)27-19-23-12(9-17(28)26-19)10-29-20-25-15-6-2-3-8-16(15)30-20/h2-9H,10H2,1H3,(H4,22,23,24,26,27,28). The molecule has 2 heterocycles. The fourth-order valence-corrected chi connectivity index (χ4v) is 4.83. The number of hydrogen-bond acceptors (Lipinski definition) is 6. The summed E-state index contributed by atoms with van der Waals surface area (Å²) in [6.07, 6.45) is 0. The number of rotatable bonds is 5. The summed E-state index contributed by atoms with van der Waals surface area (Å²) in [4.78, 5) is 27.8. The molecular weight excluding hydrogens is 440 g/mol. The van der Waals surface area contributed by atoms with E-state index >= 15 is 0 Å². The van der Waals surface area contributed by atoms with Crippen LogP contribution in [0.25, 0.3) is 10.2 Å². The van der Waals surface area contributed by atoms with E-state index in [-0.39, 0.29) is 17.5 Å². The lowest BCUT2D eigenvalue weighted by Crippen LogP contribution is -2.23. The van der Waals surface area contributed by atoms with Gasteiger partial charge in [0.2, 0.25) is 11.9 Å². The highest BCUT2D eigenvalue weighted by Gasteiger charge is 2.08. The number of fused-ring (bicyclic) bond motifs is 1. The van der Waals surface area contributed by atoms with Gasteiger partial charge in [0.25, 0.3) is 5.56 Å². The van der Waals surface area contributed by atoms with Gasteiger partial charge in [0.05, 0.1) is 15.9 Å². The summed E-state index contributed by atoms with van der Waals surface area (Å²) < 4.78 is 2.04. The van der Waals surface area contributed by atoms with Gasteiger partial charge in [-0.3, -0.25) is 9.78 Å². The Bertz CT molecular complexity index is 1270. The van der Waals surface area contributed by atoms with Crippen molar-refractivity contribution in [3.8, 4) is 0 Å². The van der Waals surface area contributed by atoms with Gasteiger partial charge < -0.3 is 11.1 Å². The maximum absolute atomic E-state index is 12.0. The van der Waals surface area contributed by atoms with E-state index < -0.39 is 0 Å². The van der Waals surface area contributed by atoms with Crippen LogP contribution in [0.4, 0.5) is 11.6 Å². The van der Waals surface area contributed by atoms with Gasteiger partial charge in [0.1, 0.15) is 0 Å². The van der Waals surface area contributed by atoms with Crippen molar-refractivity contribution in [2.24, 2.45) is 10.7 Å². The fourth-order valence-electron chi connectivity index (χ4n) is 2.69. The van der Waals surface area contributed by atoms with E-state index in [1.807, 2.05) is 43.3 Å². The Morgan fingerprint density at radius 3 is 2.93 bits per heavy atom. The average Bonchev–Trinajstić information content (AvgIpc) is 3.12. The van der Waals surface area contributed by atoms with Gasteiger partial charge in [0, 0.05) is 22.5 Å². The Morgan fingerprint density at radius 1 is 1.27 bits per heavy atom. The topological polar surface area (TPSA) is 109 Å². The molecule has 10 heteroatoms.